The maximum Gasteiger partial charge on any atom is 0.431 e. The summed E-state index contributed by atoms with van der Waals surface area (Å²) in [5.74, 6) is -2.40. The van der Waals surface area contributed by atoms with Crippen LogP contribution in [-0.4, -0.2) is 25.5 Å². The molecule has 1 heterocycles. The molecule has 0 amide bonds. The first-order chi connectivity index (χ1) is 13.4. The van der Waals surface area contributed by atoms with Crippen LogP contribution in [0.4, 0.5) is 17.6 Å². The van der Waals surface area contributed by atoms with Crippen LogP contribution in [0.5, 0.6) is 0 Å². The Balaban J connectivity index is 2.77. The SMILES string of the molecule is CCC(Sc1cc(-n2c(=O)cc(C(F)(F)F)n(C)c2=O)c(F)cc1C#N)C(=O)O. The zero-order chi connectivity index (χ0) is 22.1. The molecular formula is C17H13F4N3O4S. The molecule has 1 N–H and O–H groups in total. The molecule has 154 valence electrons. The van der Waals surface area contributed by atoms with Gasteiger partial charge in [-0.25, -0.2) is 13.8 Å². The summed E-state index contributed by atoms with van der Waals surface area (Å²) in [6.07, 6.45) is -4.83. The van der Waals surface area contributed by atoms with E-state index in [9.17, 15) is 42.3 Å². The van der Waals surface area contributed by atoms with E-state index in [0.29, 0.717) is 17.8 Å². The third-order valence-electron chi connectivity index (χ3n) is 3.94. The van der Waals surface area contributed by atoms with Crippen LogP contribution in [-0.2, 0) is 18.0 Å². The highest BCUT2D eigenvalue weighted by molar-refractivity contribution is 8.00. The number of carboxylic acids is 1. The summed E-state index contributed by atoms with van der Waals surface area (Å²) in [6, 6.07) is 3.42. The number of rotatable bonds is 5. The summed E-state index contributed by atoms with van der Waals surface area (Å²) in [7, 11) is 0.774. The first kappa shape index (κ1) is 22.2. The molecule has 0 radical (unpaired) electrons. The lowest BCUT2D eigenvalue weighted by molar-refractivity contribution is -0.144. The lowest BCUT2D eigenvalue weighted by Crippen LogP contribution is -2.41. The quantitative estimate of drug-likeness (QED) is 0.576. The third-order valence-corrected chi connectivity index (χ3v) is 5.35. The Morgan fingerprint density at radius 1 is 1.31 bits per heavy atom. The number of benzene rings is 1. The van der Waals surface area contributed by atoms with Crippen molar-refractivity contribution in [3.05, 3.63) is 56.1 Å². The highest BCUT2D eigenvalue weighted by Crippen LogP contribution is 2.32. The lowest BCUT2D eigenvalue weighted by Gasteiger charge is -2.16. The van der Waals surface area contributed by atoms with Gasteiger partial charge in [-0.15, -0.1) is 11.8 Å². The van der Waals surface area contributed by atoms with E-state index >= 15 is 0 Å². The van der Waals surface area contributed by atoms with E-state index in [4.69, 9.17) is 0 Å². The number of alkyl halides is 3. The topological polar surface area (TPSA) is 105 Å². The van der Waals surface area contributed by atoms with E-state index < -0.39 is 45.8 Å². The minimum atomic E-state index is -4.98. The van der Waals surface area contributed by atoms with Crippen LogP contribution in [0.15, 0.2) is 32.7 Å². The molecule has 12 heteroatoms. The molecule has 2 aromatic rings. The Morgan fingerprint density at radius 2 is 1.93 bits per heavy atom. The van der Waals surface area contributed by atoms with Gasteiger partial charge < -0.3 is 5.11 Å². The van der Waals surface area contributed by atoms with Crippen molar-refractivity contribution in [1.29, 1.82) is 5.26 Å². The van der Waals surface area contributed by atoms with Crippen LogP contribution < -0.4 is 11.2 Å². The zero-order valence-electron chi connectivity index (χ0n) is 15.0. The van der Waals surface area contributed by atoms with Crippen molar-refractivity contribution < 1.29 is 27.5 Å². The van der Waals surface area contributed by atoms with Gasteiger partial charge in [-0.1, -0.05) is 6.92 Å². The summed E-state index contributed by atoms with van der Waals surface area (Å²) >= 11 is 0.696. The minimum Gasteiger partial charge on any atom is -0.480 e. The predicted octanol–water partition coefficient (Wildman–Crippen LogP) is 2.52. The van der Waals surface area contributed by atoms with Crippen molar-refractivity contribution in [2.24, 2.45) is 7.05 Å². The molecule has 0 aliphatic carbocycles. The van der Waals surface area contributed by atoms with Crippen molar-refractivity contribution in [3.8, 4) is 11.8 Å². The first-order valence-electron chi connectivity index (χ1n) is 7.96. The molecule has 2 rings (SSSR count). The van der Waals surface area contributed by atoms with E-state index in [0.717, 1.165) is 13.1 Å². The van der Waals surface area contributed by atoms with Crippen LogP contribution >= 0.6 is 11.8 Å². The van der Waals surface area contributed by atoms with E-state index in [1.807, 2.05) is 0 Å². The predicted molar refractivity (Wildman–Crippen MR) is 94.5 cm³/mol. The molecule has 29 heavy (non-hydrogen) atoms. The van der Waals surface area contributed by atoms with Crippen LogP contribution in [0.25, 0.3) is 5.69 Å². The number of hydrogen-bond acceptors (Lipinski definition) is 5. The summed E-state index contributed by atoms with van der Waals surface area (Å²) < 4.78 is 53.7. The van der Waals surface area contributed by atoms with Crippen molar-refractivity contribution in [1.82, 2.24) is 9.13 Å². The molecule has 1 aromatic carbocycles. The Kier molecular flexibility index (Phi) is 6.22. The summed E-state index contributed by atoms with van der Waals surface area (Å²) in [5.41, 5.74) is -5.32. The molecule has 7 nitrogen and oxygen atoms in total. The van der Waals surface area contributed by atoms with Crippen LogP contribution in [0, 0.1) is 17.1 Å². The zero-order valence-corrected chi connectivity index (χ0v) is 15.8. The van der Waals surface area contributed by atoms with Gasteiger partial charge in [0.05, 0.1) is 11.3 Å². The Labute approximate surface area is 164 Å². The Hall–Kier alpha value is -3.07. The van der Waals surface area contributed by atoms with E-state index in [2.05, 4.69) is 0 Å². The molecular weight excluding hydrogens is 418 g/mol. The number of hydrogen-bond donors (Lipinski definition) is 1. The second kappa shape index (κ2) is 8.12. The maximum absolute atomic E-state index is 14.5. The van der Waals surface area contributed by atoms with Gasteiger partial charge in [-0.2, -0.15) is 18.4 Å². The third kappa shape index (κ3) is 4.34. The number of aromatic nitrogens is 2. The second-order valence-corrected chi connectivity index (χ2v) is 7.05. The van der Waals surface area contributed by atoms with E-state index in [-0.39, 0.29) is 32.1 Å². The number of halogens is 4. The standard InChI is InChI=1S/C17H13F4N3O4S/c1-3-11(15(26)27)29-12-5-10(9(18)4-8(12)7-22)24-14(25)6-13(17(19,20)21)23(2)16(24)28/h4-6,11H,3H2,1-2H3,(H,26,27). The average Bonchev–Trinajstić information content (AvgIpc) is 2.63. The summed E-state index contributed by atoms with van der Waals surface area (Å²) in [6.45, 7) is 1.57. The maximum atomic E-state index is 14.5. The largest absolute Gasteiger partial charge is 0.480 e. The number of thioether (sulfide) groups is 1. The monoisotopic (exact) mass is 431 g/mol. The molecule has 0 saturated heterocycles. The van der Waals surface area contributed by atoms with Gasteiger partial charge in [0.2, 0.25) is 0 Å². The van der Waals surface area contributed by atoms with Crippen molar-refractivity contribution in [3.63, 3.8) is 0 Å². The average molecular weight is 431 g/mol. The fourth-order valence-electron chi connectivity index (χ4n) is 2.48. The number of carbonyl (C=O) groups is 1. The van der Waals surface area contributed by atoms with Crippen molar-refractivity contribution >= 4 is 17.7 Å². The fraction of sp³-hybridized carbons (Fsp3) is 0.294. The van der Waals surface area contributed by atoms with Gasteiger partial charge in [-0.3, -0.25) is 14.2 Å². The van der Waals surface area contributed by atoms with Gasteiger partial charge in [0.1, 0.15) is 22.8 Å². The van der Waals surface area contributed by atoms with Gasteiger partial charge >= 0.3 is 17.8 Å². The van der Waals surface area contributed by atoms with Gasteiger partial charge in [0.25, 0.3) is 5.56 Å². The van der Waals surface area contributed by atoms with E-state index in [1.54, 1.807) is 13.0 Å². The van der Waals surface area contributed by atoms with Crippen LogP contribution in [0.2, 0.25) is 0 Å². The Morgan fingerprint density at radius 3 is 2.41 bits per heavy atom. The van der Waals surface area contributed by atoms with Gasteiger partial charge in [-0.05, 0) is 18.6 Å². The molecule has 1 aromatic heterocycles. The minimum absolute atomic E-state index is 0.0352. The fourth-order valence-corrected chi connectivity index (χ4v) is 3.47. The molecule has 0 bridgehead atoms. The first-order valence-corrected chi connectivity index (χ1v) is 8.84. The number of nitrogens with zero attached hydrogens (tertiary/aromatic N) is 3. The van der Waals surface area contributed by atoms with Gasteiger partial charge in [0, 0.05) is 18.0 Å². The Bertz CT molecular complexity index is 1130. The molecule has 1 unspecified atom stereocenters. The highest BCUT2D eigenvalue weighted by atomic mass is 32.2. The van der Waals surface area contributed by atoms with Crippen LogP contribution in [0.3, 0.4) is 0 Å². The summed E-state index contributed by atoms with van der Waals surface area (Å²) in [4.78, 5) is 35.7. The normalized spacial score (nSPS) is 12.4. The number of carboxylic acid groups (broad SMARTS) is 1. The molecule has 1 atom stereocenters. The molecule has 0 fully saturated rings. The smallest absolute Gasteiger partial charge is 0.431 e. The second-order valence-electron chi connectivity index (χ2n) is 5.81. The van der Waals surface area contributed by atoms with Crippen molar-refractivity contribution in [2.75, 3.05) is 0 Å². The lowest BCUT2D eigenvalue weighted by atomic mass is 10.2. The molecule has 0 saturated carbocycles. The summed E-state index contributed by atoms with van der Waals surface area (Å²) in [5, 5.41) is 17.3. The number of nitriles is 1. The van der Waals surface area contributed by atoms with E-state index in [1.165, 1.54) is 0 Å². The van der Waals surface area contributed by atoms with Gasteiger partial charge in [0.15, 0.2) is 0 Å². The molecule has 0 aliphatic rings. The highest BCUT2D eigenvalue weighted by Gasteiger charge is 2.35. The van der Waals surface area contributed by atoms with Crippen molar-refractivity contribution in [2.45, 2.75) is 29.7 Å². The van der Waals surface area contributed by atoms with Crippen LogP contribution in [0.1, 0.15) is 24.6 Å². The number of aliphatic carboxylic acids is 1. The molecule has 0 spiro atoms. The molecule has 0 aliphatic heterocycles.